The van der Waals surface area contributed by atoms with Crippen molar-refractivity contribution in [2.24, 2.45) is 0 Å². The highest BCUT2D eigenvalue weighted by Crippen LogP contribution is 2.21. The van der Waals surface area contributed by atoms with Gasteiger partial charge in [-0.3, -0.25) is 0 Å². The number of nitrogens with one attached hydrogen (secondary N) is 1. The number of nitrogens with zero attached hydrogens (tertiary/aromatic N) is 2. The van der Waals surface area contributed by atoms with Crippen LogP contribution in [0, 0.1) is 6.92 Å². The van der Waals surface area contributed by atoms with Crippen LogP contribution in [0.4, 0.5) is 0 Å². The summed E-state index contributed by atoms with van der Waals surface area (Å²) in [6.45, 7) is 1.83. The quantitative estimate of drug-likeness (QED) is 0.797. The number of pyridine rings is 1. The lowest BCUT2D eigenvalue weighted by Gasteiger charge is -2.06. The van der Waals surface area contributed by atoms with Gasteiger partial charge in [0.25, 0.3) is 0 Å². The van der Waals surface area contributed by atoms with E-state index in [2.05, 4.69) is 15.0 Å². The molecule has 2 heterocycles. The number of para-hydroxylation sites is 2. The van der Waals surface area contributed by atoms with Crippen LogP contribution in [0.15, 0.2) is 41.7 Å². The number of aromatic amines is 1. The van der Waals surface area contributed by atoms with Gasteiger partial charge < -0.3 is 9.72 Å². The van der Waals surface area contributed by atoms with Crippen molar-refractivity contribution >= 4 is 20.9 Å². The summed E-state index contributed by atoms with van der Waals surface area (Å²) in [7, 11) is -2.04. The summed E-state index contributed by atoms with van der Waals surface area (Å²) < 4.78 is 30.1. The van der Waals surface area contributed by atoms with E-state index in [0.29, 0.717) is 22.5 Å². The molecular formula is C15H15N3O3S. The Morgan fingerprint density at radius 2 is 2.05 bits per heavy atom. The molecule has 0 saturated carbocycles. The molecule has 114 valence electrons. The number of methoxy groups -OCH3 is 1. The van der Waals surface area contributed by atoms with Crippen LogP contribution in [0.3, 0.4) is 0 Å². The SMILES string of the molecule is COc1cc(C)c(CS(=O)(=O)c2nc3ccccc3[nH]2)cn1. The second-order valence-electron chi connectivity index (χ2n) is 4.97. The Bertz CT molecular complexity index is 899. The summed E-state index contributed by atoms with van der Waals surface area (Å²) in [5.74, 6) is 0.303. The van der Waals surface area contributed by atoms with Crippen LogP contribution in [-0.4, -0.2) is 30.5 Å². The number of sulfone groups is 1. The first-order chi connectivity index (χ1) is 10.5. The lowest BCUT2D eigenvalue weighted by molar-refractivity contribution is 0.397. The molecule has 0 bridgehead atoms. The Kier molecular flexibility index (Phi) is 3.58. The Hall–Kier alpha value is -2.41. The van der Waals surface area contributed by atoms with Crippen LogP contribution in [0.25, 0.3) is 11.0 Å². The van der Waals surface area contributed by atoms with Crippen LogP contribution in [0.1, 0.15) is 11.1 Å². The number of aromatic nitrogens is 3. The molecule has 1 aromatic carbocycles. The number of hydrogen-bond acceptors (Lipinski definition) is 5. The smallest absolute Gasteiger partial charge is 0.226 e. The third kappa shape index (κ3) is 2.67. The normalized spacial score (nSPS) is 11.7. The molecule has 0 spiro atoms. The second-order valence-corrected chi connectivity index (χ2v) is 6.88. The number of aryl methyl sites for hydroxylation is 1. The van der Waals surface area contributed by atoms with Gasteiger partial charge in [-0.2, -0.15) is 0 Å². The molecule has 2 aromatic heterocycles. The number of fused-ring (bicyclic) bond motifs is 1. The second kappa shape index (κ2) is 5.42. The van der Waals surface area contributed by atoms with E-state index in [0.717, 1.165) is 5.56 Å². The third-order valence-corrected chi connectivity index (χ3v) is 4.88. The summed E-state index contributed by atoms with van der Waals surface area (Å²) in [5, 5.41) is -0.0241. The largest absolute Gasteiger partial charge is 0.481 e. The number of imidazole rings is 1. The first-order valence-corrected chi connectivity index (χ1v) is 8.32. The van der Waals surface area contributed by atoms with Crippen LogP contribution < -0.4 is 4.74 Å². The summed E-state index contributed by atoms with van der Waals surface area (Å²) in [6, 6.07) is 8.92. The molecule has 0 unspecified atom stereocenters. The van der Waals surface area contributed by atoms with Gasteiger partial charge in [-0.05, 0) is 30.2 Å². The predicted molar refractivity (Wildman–Crippen MR) is 82.5 cm³/mol. The lowest BCUT2D eigenvalue weighted by atomic mass is 10.2. The first-order valence-electron chi connectivity index (χ1n) is 6.66. The summed E-state index contributed by atoms with van der Waals surface area (Å²) in [6.07, 6.45) is 1.52. The number of H-pyrrole nitrogens is 1. The number of hydrogen-bond donors (Lipinski definition) is 1. The molecule has 7 heteroatoms. The van der Waals surface area contributed by atoms with Gasteiger partial charge >= 0.3 is 0 Å². The van der Waals surface area contributed by atoms with Crippen molar-refractivity contribution in [1.82, 2.24) is 15.0 Å². The summed E-state index contributed by atoms with van der Waals surface area (Å²) in [5.41, 5.74) is 2.77. The highest BCUT2D eigenvalue weighted by Gasteiger charge is 2.21. The van der Waals surface area contributed by atoms with Crippen molar-refractivity contribution in [3.8, 4) is 5.88 Å². The molecule has 3 aromatic rings. The minimum Gasteiger partial charge on any atom is -0.481 e. The van der Waals surface area contributed by atoms with E-state index in [1.54, 1.807) is 18.2 Å². The van der Waals surface area contributed by atoms with E-state index >= 15 is 0 Å². The van der Waals surface area contributed by atoms with Gasteiger partial charge in [0.15, 0.2) is 0 Å². The molecular weight excluding hydrogens is 302 g/mol. The molecule has 0 saturated heterocycles. The van der Waals surface area contributed by atoms with Crippen molar-refractivity contribution < 1.29 is 13.2 Å². The highest BCUT2D eigenvalue weighted by molar-refractivity contribution is 7.90. The van der Waals surface area contributed by atoms with Crippen LogP contribution in [0.5, 0.6) is 5.88 Å². The van der Waals surface area contributed by atoms with Crippen LogP contribution >= 0.6 is 0 Å². The molecule has 1 N–H and O–H groups in total. The van der Waals surface area contributed by atoms with Crippen molar-refractivity contribution in [1.29, 1.82) is 0 Å². The van der Waals surface area contributed by atoms with Gasteiger partial charge in [0.05, 0.1) is 23.9 Å². The molecule has 0 radical (unpaired) electrons. The topological polar surface area (TPSA) is 84.9 Å². The average Bonchev–Trinajstić information content (AvgIpc) is 2.94. The maximum Gasteiger partial charge on any atom is 0.226 e. The fourth-order valence-corrected chi connectivity index (χ4v) is 3.52. The van der Waals surface area contributed by atoms with Gasteiger partial charge in [-0.25, -0.2) is 18.4 Å². The zero-order valence-corrected chi connectivity index (χ0v) is 13.0. The van der Waals surface area contributed by atoms with Gasteiger partial charge in [0.2, 0.25) is 20.9 Å². The fraction of sp³-hybridized carbons (Fsp3) is 0.200. The summed E-state index contributed by atoms with van der Waals surface area (Å²) >= 11 is 0. The van der Waals surface area contributed by atoms with E-state index in [1.807, 2.05) is 19.1 Å². The molecule has 6 nitrogen and oxygen atoms in total. The van der Waals surface area contributed by atoms with Crippen molar-refractivity contribution in [3.63, 3.8) is 0 Å². The molecule has 22 heavy (non-hydrogen) atoms. The Morgan fingerprint density at radius 3 is 2.73 bits per heavy atom. The van der Waals surface area contributed by atoms with Gasteiger partial charge in [0, 0.05) is 12.3 Å². The highest BCUT2D eigenvalue weighted by atomic mass is 32.2. The standard InChI is InChI=1S/C15H15N3O3S/c1-10-7-14(21-2)16-8-11(10)9-22(19,20)15-17-12-5-3-4-6-13(12)18-15/h3-8H,9H2,1-2H3,(H,17,18). The van der Waals surface area contributed by atoms with Gasteiger partial charge in [0.1, 0.15) is 0 Å². The Balaban J connectivity index is 1.96. The molecule has 0 aliphatic rings. The molecule has 0 aliphatic heterocycles. The van der Waals surface area contributed by atoms with Crippen LogP contribution in [0.2, 0.25) is 0 Å². The monoisotopic (exact) mass is 317 g/mol. The first kappa shape index (κ1) is 14.5. The zero-order chi connectivity index (χ0) is 15.7. The van der Waals surface area contributed by atoms with Crippen molar-refractivity contribution in [3.05, 3.63) is 47.7 Å². The minimum absolute atomic E-state index is 0.0241. The fourth-order valence-electron chi connectivity index (χ4n) is 2.17. The van der Waals surface area contributed by atoms with Crippen LogP contribution in [-0.2, 0) is 15.6 Å². The molecule has 0 atom stereocenters. The summed E-state index contributed by atoms with van der Waals surface area (Å²) in [4.78, 5) is 11.1. The van der Waals surface area contributed by atoms with E-state index in [1.165, 1.54) is 13.3 Å². The molecule has 0 fully saturated rings. The van der Waals surface area contributed by atoms with Crippen molar-refractivity contribution in [2.45, 2.75) is 17.8 Å². The zero-order valence-electron chi connectivity index (χ0n) is 12.2. The lowest BCUT2D eigenvalue weighted by Crippen LogP contribution is -2.08. The van der Waals surface area contributed by atoms with E-state index in [4.69, 9.17) is 4.74 Å². The minimum atomic E-state index is -3.56. The molecule has 3 rings (SSSR count). The number of ether oxygens (including phenoxy) is 1. The third-order valence-electron chi connectivity index (χ3n) is 3.41. The Labute approximate surface area is 128 Å². The van der Waals surface area contributed by atoms with Gasteiger partial charge in [-0.15, -0.1) is 0 Å². The van der Waals surface area contributed by atoms with Gasteiger partial charge in [-0.1, -0.05) is 12.1 Å². The predicted octanol–water partition coefficient (Wildman–Crippen LogP) is 2.25. The van der Waals surface area contributed by atoms with E-state index in [-0.39, 0.29) is 10.9 Å². The van der Waals surface area contributed by atoms with Crippen molar-refractivity contribution in [2.75, 3.05) is 7.11 Å². The molecule has 0 aliphatic carbocycles. The maximum absolute atomic E-state index is 12.5. The average molecular weight is 317 g/mol. The number of rotatable bonds is 4. The van der Waals surface area contributed by atoms with E-state index in [9.17, 15) is 8.42 Å². The molecule has 0 amide bonds. The van der Waals surface area contributed by atoms with E-state index < -0.39 is 9.84 Å². The Morgan fingerprint density at radius 1 is 1.27 bits per heavy atom. The number of benzene rings is 1. The maximum atomic E-state index is 12.5.